The molecule has 0 heterocycles. The van der Waals surface area contributed by atoms with Gasteiger partial charge in [0, 0.05) is 13.2 Å². The zero-order valence-corrected chi connectivity index (χ0v) is 9.81. The van der Waals surface area contributed by atoms with E-state index in [2.05, 4.69) is 33.0 Å². The number of ether oxygens (including phenoxy) is 1. The van der Waals surface area contributed by atoms with E-state index in [1.165, 1.54) is 6.42 Å². The fourth-order valence-corrected chi connectivity index (χ4v) is 1.17. The van der Waals surface area contributed by atoms with Gasteiger partial charge in [0.1, 0.15) is 0 Å². The van der Waals surface area contributed by atoms with E-state index in [0.717, 1.165) is 19.6 Å². The number of hydrogen-bond donors (Lipinski definition) is 1. The van der Waals surface area contributed by atoms with Crippen molar-refractivity contribution in [3.8, 4) is 0 Å². The topological polar surface area (TPSA) is 21.3 Å². The minimum Gasteiger partial charge on any atom is -0.383 e. The van der Waals surface area contributed by atoms with Crippen LogP contribution in [0.3, 0.4) is 0 Å². The average Bonchev–Trinajstić information content (AvgIpc) is 2.01. The fraction of sp³-hybridized carbons (Fsp3) is 1.00. The first-order chi connectivity index (χ1) is 5.99. The van der Waals surface area contributed by atoms with Gasteiger partial charge < -0.3 is 10.1 Å². The molecule has 2 heteroatoms. The zero-order chi connectivity index (χ0) is 10.3. The average molecular weight is 187 g/mol. The summed E-state index contributed by atoms with van der Waals surface area (Å²) in [6.45, 7) is 10.9. The highest BCUT2D eigenvalue weighted by Gasteiger charge is 2.11. The number of hydrogen-bond acceptors (Lipinski definition) is 2. The summed E-state index contributed by atoms with van der Waals surface area (Å²) in [6, 6.07) is 0.521. The van der Waals surface area contributed by atoms with Gasteiger partial charge in [-0.15, -0.1) is 0 Å². The molecule has 1 N–H and O–H groups in total. The van der Waals surface area contributed by atoms with Crippen LogP contribution in [0.2, 0.25) is 0 Å². The van der Waals surface area contributed by atoms with Gasteiger partial charge in [0.15, 0.2) is 0 Å². The fourth-order valence-electron chi connectivity index (χ4n) is 1.17. The maximum atomic E-state index is 5.12. The molecule has 1 unspecified atom stereocenters. The first-order valence-electron chi connectivity index (χ1n) is 5.22. The van der Waals surface area contributed by atoms with Crippen molar-refractivity contribution in [3.05, 3.63) is 0 Å². The van der Waals surface area contributed by atoms with E-state index in [1.807, 2.05) is 0 Å². The number of nitrogens with one attached hydrogen (secondary N) is 1. The quantitative estimate of drug-likeness (QED) is 0.689. The lowest BCUT2D eigenvalue weighted by Crippen LogP contribution is -2.34. The Morgan fingerprint density at radius 3 is 2.31 bits per heavy atom. The van der Waals surface area contributed by atoms with Crippen molar-refractivity contribution in [1.82, 2.24) is 5.32 Å². The molecule has 13 heavy (non-hydrogen) atoms. The summed E-state index contributed by atoms with van der Waals surface area (Å²) >= 11 is 0. The maximum Gasteiger partial charge on any atom is 0.0615 e. The number of rotatable bonds is 6. The molecule has 0 aromatic rings. The highest BCUT2D eigenvalue weighted by atomic mass is 16.5. The van der Waals surface area contributed by atoms with E-state index in [4.69, 9.17) is 4.74 Å². The van der Waals surface area contributed by atoms with Crippen LogP contribution in [0.5, 0.6) is 0 Å². The standard InChI is InChI=1S/C11H25NO/c1-6-10(9-13-5)12-8-7-11(2,3)4/h10,12H,6-9H2,1-5H3. The first kappa shape index (κ1) is 12.9. The Hall–Kier alpha value is -0.0800. The highest BCUT2D eigenvalue weighted by Crippen LogP contribution is 2.17. The van der Waals surface area contributed by atoms with E-state index in [1.54, 1.807) is 7.11 Å². The van der Waals surface area contributed by atoms with Crippen molar-refractivity contribution in [1.29, 1.82) is 0 Å². The molecule has 0 saturated carbocycles. The maximum absolute atomic E-state index is 5.12. The highest BCUT2D eigenvalue weighted by molar-refractivity contribution is 4.68. The molecule has 0 amide bonds. The number of methoxy groups -OCH3 is 1. The van der Waals surface area contributed by atoms with Crippen LogP contribution in [-0.4, -0.2) is 26.3 Å². The summed E-state index contributed by atoms with van der Waals surface area (Å²) in [5.74, 6) is 0. The van der Waals surface area contributed by atoms with Crippen LogP contribution in [-0.2, 0) is 4.74 Å². The van der Waals surface area contributed by atoms with E-state index >= 15 is 0 Å². The van der Waals surface area contributed by atoms with Crippen molar-refractivity contribution in [2.75, 3.05) is 20.3 Å². The molecule has 1 atom stereocenters. The van der Waals surface area contributed by atoms with E-state index < -0.39 is 0 Å². The molecular weight excluding hydrogens is 162 g/mol. The SMILES string of the molecule is CCC(COC)NCCC(C)(C)C. The van der Waals surface area contributed by atoms with Gasteiger partial charge in [-0.3, -0.25) is 0 Å². The van der Waals surface area contributed by atoms with Crippen molar-refractivity contribution in [2.45, 2.75) is 46.6 Å². The molecule has 0 aromatic heterocycles. The molecular formula is C11H25NO. The molecule has 80 valence electrons. The van der Waals surface area contributed by atoms with Crippen LogP contribution < -0.4 is 5.32 Å². The summed E-state index contributed by atoms with van der Waals surface area (Å²) in [4.78, 5) is 0. The lowest BCUT2D eigenvalue weighted by atomic mass is 9.92. The van der Waals surface area contributed by atoms with Crippen LogP contribution in [0.4, 0.5) is 0 Å². The summed E-state index contributed by atoms with van der Waals surface area (Å²) in [7, 11) is 1.76. The molecule has 0 aromatic carbocycles. The van der Waals surface area contributed by atoms with Gasteiger partial charge in [0.2, 0.25) is 0 Å². The van der Waals surface area contributed by atoms with Crippen molar-refractivity contribution in [2.24, 2.45) is 5.41 Å². The Morgan fingerprint density at radius 2 is 1.92 bits per heavy atom. The molecule has 0 bridgehead atoms. The van der Waals surface area contributed by atoms with E-state index in [9.17, 15) is 0 Å². The monoisotopic (exact) mass is 187 g/mol. The van der Waals surface area contributed by atoms with Gasteiger partial charge in [0.05, 0.1) is 6.61 Å². The Bertz CT molecular complexity index is 118. The third kappa shape index (κ3) is 8.26. The van der Waals surface area contributed by atoms with Crippen LogP contribution in [0.15, 0.2) is 0 Å². The van der Waals surface area contributed by atoms with Crippen LogP contribution in [0.1, 0.15) is 40.5 Å². The summed E-state index contributed by atoms with van der Waals surface area (Å²) in [5, 5.41) is 3.50. The third-order valence-electron chi connectivity index (χ3n) is 2.17. The molecule has 0 radical (unpaired) electrons. The van der Waals surface area contributed by atoms with Gasteiger partial charge in [-0.2, -0.15) is 0 Å². The normalized spacial score (nSPS) is 14.5. The molecule has 2 nitrogen and oxygen atoms in total. The molecule has 0 rings (SSSR count). The van der Waals surface area contributed by atoms with Gasteiger partial charge in [-0.1, -0.05) is 27.7 Å². The van der Waals surface area contributed by atoms with Crippen LogP contribution in [0, 0.1) is 5.41 Å². The molecule has 0 fully saturated rings. The Morgan fingerprint density at radius 1 is 1.31 bits per heavy atom. The van der Waals surface area contributed by atoms with Crippen LogP contribution >= 0.6 is 0 Å². The molecule has 0 aliphatic rings. The molecule has 0 aliphatic heterocycles. The second kappa shape index (κ2) is 6.39. The minimum absolute atomic E-state index is 0.429. The predicted octanol–water partition coefficient (Wildman–Crippen LogP) is 2.44. The van der Waals surface area contributed by atoms with Gasteiger partial charge in [-0.05, 0) is 24.8 Å². The Kier molecular flexibility index (Phi) is 6.35. The zero-order valence-electron chi connectivity index (χ0n) is 9.81. The lowest BCUT2D eigenvalue weighted by molar-refractivity contribution is 0.162. The van der Waals surface area contributed by atoms with Crippen LogP contribution in [0.25, 0.3) is 0 Å². The van der Waals surface area contributed by atoms with Crippen molar-refractivity contribution < 1.29 is 4.74 Å². The summed E-state index contributed by atoms with van der Waals surface area (Å²) in [5.41, 5.74) is 0.429. The minimum atomic E-state index is 0.429. The third-order valence-corrected chi connectivity index (χ3v) is 2.17. The molecule has 0 spiro atoms. The predicted molar refractivity (Wildman–Crippen MR) is 58.0 cm³/mol. The second-order valence-corrected chi connectivity index (χ2v) is 4.83. The molecule has 0 aliphatic carbocycles. The first-order valence-corrected chi connectivity index (χ1v) is 5.22. The lowest BCUT2D eigenvalue weighted by Gasteiger charge is -2.21. The van der Waals surface area contributed by atoms with Gasteiger partial charge in [-0.25, -0.2) is 0 Å². The largest absolute Gasteiger partial charge is 0.383 e. The van der Waals surface area contributed by atoms with Crippen molar-refractivity contribution >= 4 is 0 Å². The van der Waals surface area contributed by atoms with Crippen molar-refractivity contribution in [3.63, 3.8) is 0 Å². The Balaban J connectivity index is 3.49. The van der Waals surface area contributed by atoms with Gasteiger partial charge >= 0.3 is 0 Å². The van der Waals surface area contributed by atoms with Gasteiger partial charge in [0.25, 0.3) is 0 Å². The van der Waals surface area contributed by atoms with E-state index in [0.29, 0.717) is 11.5 Å². The smallest absolute Gasteiger partial charge is 0.0615 e. The Labute approximate surface area is 83.1 Å². The molecule has 0 saturated heterocycles. The van der Waals surface area contributed by atoms with E-state index in [-0.39, 0.29) is 0 Å². The second-order valence-electron chi connectivity index (χ2n) is 4.83. The summed E-state index contributed by atoms with van der Waals surface area (Å²) in [6.07, 6.45) is 2.35. The summed E-state index contributed by atoms with van der Waals surface area (Å²) < 4.78 is 5.12.